The Morgan fingerprint density at radius 3 is 2.60 bits per heavy atom. The van der Waals surface area contributed by atoms with E-state index in [4.69, 9.17) is 11.5 Å². The summed E-state index contributed by atoms with van der Waals surface area (Å²) >= 11 is 0. The number of fused-ring (bicyclic) bond motifs is 1. The average Bonchev–Trinajstić information content (AvgIpc) is 2.96. The fraction of sp³-hybridized carbons (Fsp3) is 0.500. The van der Waals surface area contributed by atoms with Crippen LogP contribution in [0.5, 0.6) is 0 Å². The highest BCUT2D eigenvalue weighted by molar-refractivity contribution is 5.80. The zero-order valence-electron chi connectivity index (χ0n) is 14.5. The van der Waals surface area contributed by atoms with Crippen LogP contribution >= 0.6 is 0 Å². The largest absolute Gasteiger partial charge is 0.370 e. The Morgan fingerprint density at radius 1 is 1.24 bits per heavy atom. The number of anilines is 1. The Hall–Kier alpha value is -3.02. The molecule has 0 unspecified atom stereocenters. The fourth-order valence-corrected chi connectivity index (χ4v) is 3.00. The van der Waals surface area contributed by atoms with Gasteiger partial charge in [0.05, 0.1) is 6.54 Å². The molecule has 0 bridgehead atoms. The maximum absolute atomic E-state index is 12.9. The van der Waals surface area contributed by atoms with E-state index in [0.29, 0.717) is 17.7 Å². The van der Waals surface area contributed by atoms with Gasteiger partial charge in [0.15, 0.2) is 17.1 Å². The van der Waals surface area contributed by atoms with Gasteiger partial charge in [0, 0.05) is 20.1 Å². The molecule has 0 spiro atoms. The lowest BCUT2D eigenvalue weighted by molar-refractivity contribution is 0.561. The molecule has 4 N–H and O–H groups in total. The number of aliphatic imine (C=N–C) groups is 1. The van der Waals surface area contributed by atoms with Gasteiger partial charge >= 0.3 is 0 Å². The maximum Gasteiger partial charge on any atom is 0.281 e. The number of hydrogen-bond donors (Lipinski definition) is 2. The van der Waals surface area contributed by atoms with Crippen molar-refractivity contribution < 1.29 is 0 Å². The van der Waals surface area contributed by atoms with Crippen molar-refractivity contribution in [1.29, 1.82) is 0 Å². The predicted molar refractivity (Wildman–Crippen MR) is 97.8 cm³/mol. The summed E-state index contributed by atoms with van der Waals surface area (Å²) in [4.78, 5) is 27.9. The third-order valence-electron chi connectivity index (χ3n) is 4.22. The number of nitrogens with zero attached hydrogens (tertiary/aromatic N) is 6. The molecule has 0 amide bonds. The van der Waals surface area contributed by atoms with Crippen molar-refractivity contribution in [3.8, 4) is 11.8 Å². The van der Waals surface area contributed by atoms with Gasteiger partial charge in [-0.1, -0.05) is 5.92 Å². The molecule has 2 aromatic heterocycles. The van der Waals surface area contributed by atoms with Gasteiger partial charge in [0.1, 0.15) is 0 Å². The molecule has 0 aromatic carbocycles. The van der Waals surface area contributed by atoms with E-state index in [1.807, 2.05) is 4.57 Å². The molecule has 25 heavy (non-hydrogen) atoms. The third-order valence-corrected chi connectivity index (χ3v) is 4.22. The molecule has 3 heterocycles. The van der Waals surface area contributed by atoms with Gasteiger partial charge in [0.2, 0.25) is 11.9 Å². The van der Waals surface area contributed by atoms with E-state index in [9.17, 15) is 4.79 Å². The van der Waals surface area contributed by atoms with Crippen LogP contribution in [0.4, 0.5) is 11.9 Å². The zero-order valence-corrected chi connectivity index (χ0v) is 14.5. The molecule has 0 saturated carbocycles. The van der Waals surface area contributed by atoms with Crippen LogP contribution in [0.25, 0.3) is 11.2 Å². The molecule has 0 radical (unpaired) electrons. The van der Waals surface area contributed by atoms with Gasteiger partial charge in [-0.3, -0.25) is 13.9 Å². The first-order chi connectivity index (χ1) is 12.0. The maximum atomic E-state index is 12.9. The number of hydrogen-bond acceptors (Lipinski definition) is 5. The quantitative estimate of drug-likeness (QED) is 0.462. The van der Waals surface area contributed by atoms with Crippen LogP contribution in [0.3, 0.4) is 0 Å². The van der Waals surface area contributed by atoms with Crippen LogP contribution in [-0.4, -0.2) is 38.2 Å². The Morgan fingerprint density at radius 2 is 1.96 bits per heavy atom. The number of guanidine groups is 1. The SMILES string of the molecule is CC#CCn1c(N2CCCCC2)nc2nc(N=C(N)N)n(C)c(=O)c21. The van der Waals surface area contributed by atoms with E-state index in [2.05, 4.69) is 31.7 Å². The molecule has 0 atom stereocenters. The number of imidazole rings is 1. The molecular formula is C16H22N8O. The number of rotatable bonds is 3. The Labute approximate surface area is 145 Å². The second kappa shape index (κ2) is 6.84. The first kappa shape index (κ1) is 16.8. The molecule has 1 aliphatic heterocycles. The lowest BCUT2D eigenvalue weighted by Gasteiger charge is -2.27. The van der Waals surface area contributed by atoms with Crippen LogP contribution in [0.2, 0.25) is 0 Å². The second-order valence-corrected chi connectivity index (χ2v) is 5.96. The van der Waals surface area contributed by atoms with Gasteiger partial charge in [-0.25, -0.2) is 0 Å². The average molecular weight is 342 g/mol. The highest BCUT2D eigenvalue weighted by Gasteiger charge is 2.22. The summed E-state index contributed by atoms with van der Waals surface area (Å²) in [5, 5.41) is 0. The molecule has 9 nitrogen and oxygen atoms in total. The van der Waals surface area contributed by atoms with Crippen molar-refractivity contribution in [2.24, 2.45) is 23.5 Å². The number of nitrogens with two attached hydrogens (primary N) is 2. The van der Waals surface area contributed by atoms with Gasteiger partial charge in [-0.15, -0.1) is 5.92 Å². The van der Waals surface area contributed by atoms with Gasteiger partial charge in [0.25, 0.3) is 5.56 Å². The molecule has 3 rings (SSSR count). The summed E-state index contributed by atoms with van der Waals surface area (Å²) in [7, 11) is 1.58. The molecule has 1 fully saturated rings. The summed E-state index contributed by atoms with van der Waals surface area (Å²) in [6, 6.07) is 0. The summed E-state index contributed by atoms with van der Waals surface area (Å²) in [6.07, 6.45) is 3.42. The minimum atomic E-state index is -0.251. The molecule has 1 saturated heterocycles. The first-order valence-corrected chi connectivity index (χ1v) is 8.24. The van der Waals surface area contributed by atoms with E-state index in [1.54, 1.807) is 14.0 Å². The Kier molecular flexibility index (Phi) is 4.61. The standard InChI is InChI=1S/C16H22N8O/c1-3-4-10-24-11-12(20-16(24)23-8-6-5-7-9-23)19-15(21-14(17)18)22(2)13(11)25/h5-10H2,1-2H3,(H4,17,18,19,21). The summed E-state index contributed by atoms with van der Waals surface area (Å²) in [6.45, 7) is 3.97. The Balaban J connectivity index is 2.24. The van der Waals surface area contributed by atoms with Crippen molar-refractivity contribution in [2.75, 3.05) is 18.0 Å². The van der Waals surface area contributed by atoms with Crippen LogP contribution in [0, 0.1) is 11.8 Å². The van der Waals surface area contributed by atoms with Gasteiger partial charge in [-0.2, -0.15) is 15.0 Å². The fourth-order valence-electron chi connectivity index (χ4n) is 3.00. The van der Waals surface area contributed by atoms with E-state index >= 15 is 0 Å². The van der Waals surface area contributed by atoms with E-state index in [1.165, 1.54) is 11.0 Å². The number of piperidine rings is 1. The van der Waals surface area contributed by atoms with Crippen LogP contribution in [-0.2, 0) is 13.6 Å². The van der Waals surface area contributed by atoms with Crippen molar-refractivity contribution in [3.63, 3.8) is 0 Å². The second-order valence-electron chi connectivity index (χ2n) is 5.96. The summed E-state index contributed by atoms with van der Waals surface area (Å²) in [5.74, 6) is 6.59. The van der Waals surface area contributed by atoms with Crippen molar-refractivity contribution >= 4 is 29.0 Å². The monoisotopic (exact) mass is 342 g/mol. The Bertz CT molecular complexity index is 933. The molecule has 132 valence electrons. The first-order valence-electron chi connectivity index (χ1n) is 8.24. The summed E-state index contributed by atoms with van der Waals surface area (Å²) in [5.41, 5.74) is 11.4. The third kappa shape index (κ3) is 3.15. The van der Waals surface area contributed by atoms with Crippen molar-refractivity contribution in [2.45, 2.75) is 32.7 Å². The molecule has 1 aliphatic rings. The van der Waals surface area contributed by atoms with Crippen molar-refractivity contribution in [1.82, 2.24) is 19.1 Å². The molecule has 2 aromatic rings. The molecule has 9 heteroatoms. The zero-order chi connectivity index (χ0) is 18.0. The van der Waals surface area contributed by atoms with E-state index < -0.39 is 0 Å². The smallest absolute Gasteiger partial charge is 0.281 e. The molecule has 0 aliphatic carbocycles. The minimum absolute atomic E-state index is 0.133. The van der Waals surface area contributed by atoms with Gasteiger partial charge < -0.3 is 16.4 Å². The van der Waals surface area contributed by atoms with Gasteiger partial charge in [-0.05, 0) is 26.2 Å². The normalized spacial score (nSPS) is 14.2. The minimum Gasteiger partial charge on any atom is -0.370 e. The van der Waals surface area contributed by atoms with E-state index in [-0.39, 0.29) is 17.5 Å². The lowest BCUT2D eigenvalue weighted by atomic mass is 10.1. The topological polar surface area (TPSA) is 120 Å². The highest BCUT2D eigenvalue weighted by Crippen LogP contribution is 2.23. The molecular weight excluding hydrogens is 320 g/mol. The highest BCUT2D eigenvalue weighted by atomic mass is 16.1. The number of aromatic nitrogens is 4. The van der Waals surface area contributed by atoms with Crippen LogP contribution in [0.1, 0.15) is 26.2 Å². The van der Waals surface area contributed by atoms with Crippen molar-refractivity contribution in [3.05, 3.63) is 10.4 Å². The lowest BCUT2D eigenvalue weighted by Crippen LogP contribution is -2.32. The van der Waals surface area contributed by atoms with Crippen LogP contribution in [0.15, 0.2) is 9.79 Å². The summed E-state index contributed by atoms with van der Waals surface area (Å²) < 4.78 is 3.16. The van der Waals surface area contributed by atoms with Crippen LogP contribution < -0.4 is 21.9 Å². The predicted octanol–water partition coefficient (Wildman–Crippen LogP) is 0.0485. The van der Waals surface area contributed by atoms with E-state index in [0.717, 1.165) is 31.9 Å².